The zero-order valence-electron chi connectivity index (χ0n) is 18.4. The van der Waals surface area contributed by atoms with Gasteiger partial charge in [0.25, 0.3) is 11.8 Å². The van der Waals surface area contributed by atoms with Crippen LogP contribution in [0.2, 0.25) is 0 Å². The second-order valence-corrected chi connectivity index (χ2v) is 11.6. The minimum Gasteiger partial charge on any atom is -0.480 e. The summed E-state index contributed by atoms with van der Waals surface area (Å²) < 4.78 is 54.5. The van der Waals surface area contributed by atoms with Crippen molar-refractivity contribution in [1.82, 2.24) is 10.2 Å². The molecule has 184 valence electrons. The molecule has 11 heteroatoms. The highest BCUT2D eigenvalue weighted by Gasteiger charge is 2.49. The van der Waals surface area contributed by atoms with E-state index in [0.29, 0.717) is 18.4 Å². The highest BCUT2D eigenvalue weighted by atomic mass is 32.2. The SMILES string of the molecule is O=C(NCC(=O)N1C[C@H](S(=O)(=O)C2CC2)C[C@H]1C(=O)O)c1ccc2c(c1)-c1ccccc1C2(F)F. The largest absolute Gasteiger partial charge is 0.480 e. The molecule has 35 heavy (non-hydrogen) atoms. The smallest absolute Gasteiger partial charge is 0.326 e. The molecule has 0 unspecified atom stereocenters. The predicted octanol–water partition coefficient (Wildman–Crippen LogP) is 2.17. The van der Waals surface area contributed by atoms with Gasteiger partial charge in [0.15, 0.2) is 9.84 Å². The van der Waals surface area contributed by atoms with Gasteiger partial charge in [0.2, 0.25) is 5.91 Å². The molecule has 2 aromatic rings. The van der Waals surface area contributed by atoms with Gasteiger partial charge in [-0.2, -0.15) is 8.78 Å². The Morgan fingerprint density at radius 1 is 1.03 bits per heavy atom. The lowest BCUT2D eigenvalue weighted by atomic mass is 10.0. The van der Waals surface area contributed by atoms with Gasteiger partial charge in [0.05, 0.1) is 17.0 Å². The summed E-state index contributed by atoms with van der Waals surface area (Å²) >= 11 is 0. The Morgan fingerprint density at radius 2 is 1.71 bits per heavy atom. The number of carbonyl (C=O) groups is 3. The fourth-order valence-electron chi connectivity index (χ4n) is 4.89. The number of carbonyl (C=O) groups excluding carboxylic acids is 2. The molecule has 8 nitrogen and oxygen atoms in total. The lowest BCUT2D eigenvalue weighted by Gasteiger charge is -2.21. The molecule has 0 aromatic heterocycles. The lowest BCUT2D eigenvalue weighted by molar-refractivity contribution is -0.147. The average Bonchev–Trinajstić information content (AvgIpc) is 3.55. The first-order valence-corrected chi connectivity index (χ1v) is 12.8. The Bertz CT molecular complexity index is 1360. The highest BCUT2D eigenvalue weighted by molar-refractivity contribution is 7.93. The van der Waals surface area contributed by atoms with Crippen LogP contribution < -0.4 is 5.32 Å². The first-order chi connectivity index (χ1) is 16.5. The number of nitrogens with zero attached hydrogens (tertiary/aromatic N) is 1. The first-order valence-electron chi connectivity index (χ1n) is 11.2. The molecular weight excluding hydrogens is 482 g/mol. The molecule has 1 aliphatic heterocycles. The summed E-state index contributed by atoms with van der Waals surface area (Å²) in [5, 5.41) is 10.5. The Morgan fingerprint density at radius 3 is 2.40 bits per heavy atom. The normalized spacial score (nSPS) is 22.4. The van der Waals surface area contributed by atoms with E-state index >= 15 is 0 Å². The van der Waals surface area contributed by atoms with Crippen molar-refractivity contribution in [3.8, 4) is 11.1 Å². The number of fused-ring (bicyclic) bond motifs is 3. The van der Waals surface area contributed by atoms with E-state index in [1.54, 1.807) is 12.1 Å². The number of likely N-dealkylation sites (tertiary alicyclic amines) is 1. The van der Waals surface area contributed by atoms with Crippen LogP contribution in [0.1, 0.15) is 40.7 Å². The Labute approximate surface area is 199 Å². The zero-order valence-corrected chi connectivity index (χ0v) is 19.2. The minimum absolute atomic E-state index is 0.0643. The maximum atomic E-state index is 14.7. The summed E-state index contributed by atoms with van der Waals surface area (Å²) in [6, 6.07) is 8.49. The van der Waals surface area contributed by atoms with E-state index in [0.717, 1.165) is 4.90 Å². The Balaban J connectivity index is 1.29. The summed E-state index contributed by atoms with van der Waals surface area (Å²) in [6.45, 7) is -0.794. The zero-order chi connectivity index (χ0) is 25.1. The number of carboxylic acids is 1. The number of alkyl halides is 2. The summed E-state index contributed by atoms with van der Waals surface area (Å²) in [6.07, 6.45) is 0.891. The van der Waals surface area contributed by atoms with E-state index in [1.807, 2.05) is 0 Å². The number of rotatable bonds is 6. The van der Waals surface area contributed by atoms with Crippen molar-refractivity contribution in [2.24, 2.45) is 0 Å². The second kappa shape index (κ2) is 8.11. The first kappa shape index (κ1) is 23.4. The van der Waals surface area contributed by atoms with Crippen LogP contribution in [0.5, 0.6) is 0 Å². The predicted molar refractivity (Wildman–Crippen MR) is 121 cm³/mol. The van der Waals surface area contributed by atoms with E-state index in [2.05, 4.69) is 5.32 Å². The molecule has 2 amide bonds. The van der Waals surface area contributed by atoms with Crippen LogP contribution in [-0.4, -0.2) is 65.8 Å². The van der Waals surface area contributed by atoms with E-state index in [1.165, 1.54) is 30.3 Å². The van der Waals surface area contributed by atoms with E-state index in [9.17, 15) is 36.7 Å². The van der Waals surface area contributed by atoms with Gasteiger partial charge in [-0.3, -0.25) is 9.59 Å². The summed E-state index contributed by atoms with van der Waals surface area (Å²) in [4.78, 5) is 38.1. The molecule has 2 atom stereocenters. The molecule has 1 saturated carbocycles. The van der Waals surface area contributed by atoms with Crippen LogP contribution in [0.15, 0.2) is 42.5 Å². The molecule has 2 N–H and O–H groups in total. The van der Waals surface area contributed by atoms with Crippen LogP contribution in [0.4, 0.5) is 8.78 Å². The number of amides is 2. The van der Waals surface area contributed by atoms with Gasteiger partial charge in [-0.15, -0.1) is 0 Å². The number of hydrogen-bond acceptors (Lipinski definition) is 5. The Hall–Kier alpha value is -3.34. The molecule has 0 radical (unpaired) electrons. The van der Waals surface area contributed by atoms with Gasteiger partial charge < -0.3 is 15.3 Å². The van der Waals surface area contributed by atoms with Gasteiger partial charge in [-0.25, -0.2) is 13.2 Å². The minimum atomic E-state index is -3.52. The monoisotopic (exact) mass is 504 g/mol. The molecule has 0 bridgehead atoms. The van der Waals surface area contributed by atoms with Crippen molar-refractivity contribution in [2.75, 3.05) is 13.1 Å². The number of benzene rings is 2. The summed E-state index contributed by atoms with van der Waals surface area (Å²) in [7, 11) is -3.52. The van der Waals surface area contributed by atoms with Crippen molar-refractivity contribution in [2.45, 2.75) is 41.7 Å². The van der Waals surface area contributed by atoms with Crippen LogP contribution >= 0.6 is 0 Å². The standard InChI is InChI=1S/C24H22F2N2O6S/c25-24(26)18-4-2-1-3-16(18)17-9-13(5-8-19(17)24)22(30)27-11-21(29)28-12-15(10-20(28)23(31)32)35(33,34)14-6-7-14/h1-5,8-9,14-15,20H,6-7,10-12H2,(H,27,30)(H,31,32)/t15-,20+/m1/s1. The third-order valence-corrected chi connectivity index (χ3v) is 9.57. The van der Waals surface area contributed by atoms with E-state index in [4.69, 9.17) is 0 Å². The van der Waals surface area contributed by atoms with Crippen LogP contribution in [0, 0.1) is 0 Å². The molecule has 3 aliphatic rings. The van der Waals surface area contributed by atoms with Crippen LogP contribution in [-0.2, 0) is 25.3 Å². The van der Waals surface area contributed by atoms with E-state index in [-0.39, 0.29) is 35.2 Å². The van der Waals surface area contributed by atoms with Gasteiger partial charge in [0, 0.05) is 23.2 Å². The highest BCUT2D eigenvalue weighted by Crippen LogP contribution is 2.50. The fourth-order valence-corrected chi connectivity index (χ4v) is 7.05. The van der Waals surface area contributed by atoms with Gasteiger partial charge in [-0.1, -0.05) is 30.3 Å². The quantitative estimate of drug-likeness (QED) is 0.622. The number of hydrogen-bond donors (Lipinski definition) is 2. The van der Waals surface area contributed by atoms with Crippen LogP contribution in [0.25, 0.3) is 11.1 Å². The van der Waals surface area contributed by atoms with Crippen molar-refractivity contribution < 1.29 is 36.7 Å². The maximum absolute atomic E-state index is 14.7. The maximum Gasteiger partial charge on any atom is 0.326 e. The molecular formula is C24H22F2N2O6S. The van der Waals surface area contributed by atoms with Crippen molar-refractivity contribution in [3.05, 3.63) is 59.2 Å². The van der Waals surface area contributed by atoms with Gasteiger partial charge in [-0.05, 0) is 42.5 Å². The lowest BCUT2D eigenvalue weighted by Crippen LogP contribution is -2.45. The van der Waals surface area contributed by atoms with Gasteiger partial charge >= 0.3 is 5.97 Å². The van der Waals surface area contributed by atoms with Crippen LogP contribution in [0.3, 0.4) is 0 Å². The Kier molecular flexibility index (Phi) is 5.42. The third kappa shape index (κ3) is 3.87. The van der Waals surface area contributed by atoms with Gasteiger partial charge in [0.1, 0.15) is 6.04 Å². The molecule has 0 spiro atoms. The average molecular weight is 505 g/mol. The van der Waals surface area contributed by atoms with Crippen molar-refractivity contribution in [3.63, 3.8) is 0 Å². The third-order valence-electron chi connectivity index (χ3n) is 6.90. The number of sulfone groups is 1. The molecule has 2 aromatic carbocycles. The summed E-state index contributed by atoms with van der Waals surface area (Å²) in [5.74, 6) is -5.91. The number of aliphatic carboxylic acids is 1. The molecule has 2 aliphatic carbocycles. The molecule has 5 rings (SSSR count). The molecule has 1 heterocycles. The molecule has 1 saturated heterocycles. The topological polar surface area (TPSA) is 121 Å². The summed E-state index contributed by atoms with van der Waals surface area (Å²) in [5.41, 5.74) is 0.253. The number of nitrogens with one attached hydrogen (secondary N) is 1. The van der Waals surface area contributed by atoms with Crippen molar-refractivity contribution >= 4 is 27.6 Å². The number of carboxylic acid groups (broad SMARTS) is 1. The molecule has 2 fully saturated rings. The fraction of sp³-hybridized carbons (Fsp3) is 0.375. The second-order valence-electron chi connectivity index (χ2n) is 9.11. The van der Waals surface area contributed by atoms with E-state index < -0.39 is 56.6 Å². The van der Waals surface area contributed by atoms with Crippen molar-refractivity contribution in [1.29, 1.82) is 0 Å². The number of halogens is 2.